The van der Waals surface area contributed by atoms with Crippen LogP contribution in [-0.4, -0.2) is 30.0 Å². The van der Waals surface area contributed by atoms with Crippen molar-refractivity contribution in [2.24, 2.45) is 0 Å². The van der Waals surface area contributed by atoms with Crippen molar-refractivity contribution in [3.8, 4) is 0 Å². The van der Waals surface area contributed by atoms with Crippen molar-refractivity contribution in [1.82, 2.24) is 5.32 Å². The zero-order chi connectivity index (χ0) is 19.6. The molecule has 144 valence electrons. The maximum atomic E-state index is 12.0. The van der Waals surface area contributed by atoms with Gasteiger partial charge in [-0.05, 0) is 75.0 Å². The third kappa shape index (κ3) is 6.88. The van der Waals surface area contributed by atoms with Gasteiger partial charge >= 0.3 is 5.97 Å². The number of thiocarbonyl (C=S) groups is 1. The second-order valence-electron chi connectivity index (χ2n) is 6.09. The zero-order valence-corrected chi connectivity index (χ0v) is 17.6. The lowest BCUT2D eigenvalue weighted by molar-refractivity contribution is 0.0525. The molecule has 2 N–H and O–H groups in total. The van der Waals surface area contributed by atoms with Crippen LogP contribution in [0.4, 0.5) is 5.69 Å². The second-order valence-corrected chi connectivity index (χ2v) is 7.67. The molecule has 2 aromatic carbocycles. The van der Waals surface area contributed by atoms with Crippen molar-refractivity contribution in [3.05, 3.63) is 59.2 Å². The second kappa shape index (κ2) is 10.9. The molecule has 0 saturated heterocycles. The van der Waals surface area contributed by atoms with Gasteiger partial charge in [0.2, 0.25) is 0 Å². The lowest BCUT2D eigenvalue weighted by Crippen LogP contribution is -2.30. The largest absolute Gasteiger partial charge is 0.462 e. The van der Waals surface area contributed by atoms with Gasteiger partial charge in [-0.1, -0.05) is 23.8 Å². The summed E-state index contributed by atoms with van der Waals surface area (Å²) in [7, 11) is 0. The first-order valence-corrected chi connectivity index (χ1v) is 10.4. The lowest BCUT2D eigenvalue weighted by atomic mass is 10.1. The van der Waals surface area contributed by atoms with Crippen molar-refractivity contribution in [2.45, 2.75) is 32.1 Å². The van der Waals surface area contributed by atoms with Gasteiger partial charge in [0, 0.05) is 17.1 Å². The number of esters is 1. The van der Waals surface area contributed by atoms with E-state index in [1.165, 1.54) is 10.5 Å². The highest BCUT2D eigenvalue weighted by atomic mass is 32.2. The molecule has 27 heavy (non-hydrogen) atoms. The van der Waals surface area contributed by atoms with Gasteiger partial charge in [-0.15, -0.1) is 11.8 Å². The molecule has 0 amide bonds. The Balaban J connectivity index is 1.76. The minimum Gasteiger partial charge on any atom is -0.462 e. The van der Waals surface area contributed by atoms with E-state index in [1.807, 2.05) is 30.8 Å². The molecule has 4 nitrogen and oxygen atoms in total. The van der Waals surface area contributed by atoms with Gasteiger partial charge in [0.15, 0.2) is 5.11 Å². The predicted molar refractivity (Wildman–Crippen MR) is 118 cm³/mol. The molecule has 0 fully saturated rings. The number of aryl methyl sites for hydroxylation is 1. The summed E-state index contributed by atoms with van der Waals surface area (Å²) in [5.41, 5.74) is 3.47. The average Bonchev–Trinajstić information content (AvgIpc) is 2.65. The first-order valence-electron chi connectivity index (χ1n) is 9.02. The van der Waals surface area contributed by atoms with E-state index >= 15 is 0 Å². The predicted octanol–water partition coefficient (Wildman–Crippen LogP) is 4.95. The summed E-state index contributed by atoms with van der Waals surface area (Å²) in [6, 6.07) is 14.1. The zero-order valence-electron chi connectivity index (χ0n) is 16.0. The van der Waals surface area contributed by atoms with E-state index in [9.17, 15) is 4.79 Å². The first-order chi connectivity index (χ1) is 13.0. The SMILES string of the molecule is CCOC(=O)c1cccc(NC(=S)NCCCSc2ccc(C)cc2)c1C. The number of carbonyl (C=O) groups is 1. The number of nitrogens with one attached hydrogen (secondary N) is 2. The van der Waals surface area contributed by atoms with Crippen LogP contribution in [0, 0.1) is 13.8 Å². The van der Waals surface area contributed by atoms with Gasteiger partial charge in [0.1, 0.15) is 0 Å². The average molecular weight is 403 g/mol. The highest BCUT2D eigenvalue weighted by molar-refractivity contribution is 7.99. The Kier molecular flexibility index (Phi) is 8.61. The minimum atomic E-state index is -0.314. The molecular formula is C21H26N2O2S2. The van der Waals surface area contributed by atoms with E-state index in [0.29, 0.717) is 17.3 Å². The van der Waals surface area contributed by atoms with Gasteiger partial charge in [0.25, 0.3) is 0 Å². The Labute approximate surface area is 171 Å². The summed E-state index contributed by atoms with van der Waals surface area (Å²) in [5.74, 6) is 0.710. The Morgan fingerprint density at radius 3 is 2.59 bits per heavy atom. The summed E-state index contributed by atoms with van der Waals surface area (Å²) in [4.78, 5) is 13.3. The molecular weight excluding hydrogens is 376 g/mol. The fourth-order valence-corrected chi connectivity index (χ4v) is 3.53. The van der Waals surface area contributed by atoms with Crippen LogP contribution in [0.15, 0.2) is 47.4 Å². The highest BCUT2D eigenvalue weighted by Gasteiger charge is 2.13. The molecule has 6 heteroatoms. The number of carbonyl (C=O) groups excluding carboxylic acids is 1. The lowest BCUT2D eigenvalue weighted by Gasteiger charge is -2.14. The Morgan fingerprint density at radius 2 is 1.89 bits per heavy atom. The number of rotatable bonds is 8. The molecule has 0 bridgehead atoms. The molecule has 0 aliphatic heterocycles. The molecule has 0 radical (unpaired) electrons. The van der Waals surface area contributed by atoms with Crippen molar-refractivity contribution in [2.75, 3.05) is 24.2 Å². The van der Waals surface area contributed by atoms with Gasteiger partial charge in [0.05, 0.1) is 12.2 Å². The molecule has 0 saturated carbocycles. The number of benzene rings is 2. The van der Waals surface area contributed by atoms with Crippen LogP contribution in [0.25, 0.3) is 0 Å². The van der Waals surface area contributed by atoms with E-state index in [4.69, 9.17) is 17.0 Å². The molecule has 2 aromatic rings. The van der Waals surface area contributed by atoms with Crippen molar-refractivity contribution >= 4 is 40.7 Å². The quantitative estimate of drug-likeness (QED) is 0.282. The standard InChI is InChI=1S/C21H26N2O2S2/c1-4-25-20(24)18-7-5-8-19(16(18)3)23-21(26)22-13-6-14-27-17-11-9-15(2)10-12-17/h5,7-12H,4,6,13-14H2,1-3H3,(H2,22,23,26). The third-order valence-electron chi connectivity index (χ3n) is 3.97. The first kappa shape index (κ1) is 21.3. The topological polar surface area (TPSA) is 50.4 Å². The van der Waals surface area contributed by atoms with Crippen LogP contribution in [0.5, 0.6) is 0 Å². The van der Waals surface area contributed by atoms with E-state index in [0.717, 1.165) is 30.0 Å². The van der Waals surface area contributed by atoms with Crippen LogP contribution in [0.1, 0.15) is 34.8 Å². The van der Waals surface area contributed by atoms with Gasteiger partial charge in [-0.3, -0.25) is 0 Å². The van der Waals surface area contributed by atoms with Crippen molar-refractivity contribution in [1.29, 1.82) is 0 Å². The molecule has 0 unspecified atom stereocenters. The van der Waals surface area contributed by atoms with Crippen LogP contribution < -0.4 is 10.6 Å². The van der Waals surface area contributed by atoms with Crippen LogP contribution in [-0.2, 0) is 4.74 Å². The monoisotopic (exact) mass is 402 g/mol. The van der Waals surface area contributed by atoms with Crippen molar-refractivity contribution in [3.63, 3.8) is 0 Å². The summed E-state index contributed by atoms with van der Waals surface area (Å²) in [5, 5.41) is 6.94. The molecule has 2 rings (SSSR count). The molecule has 0 aliphatic rings. The molecule has 0 aromatic heterocycles. The summed E-state index contributed by atoms with van der Waals surface area (Å²) in [6.45, 7) is 6.93. The van der Waals surface area contributed by atoms with Crippen LogP contribution >= 0.6 is 24.0 Å². The molecule has 0 heterocycles. The smallest absolute Gasteiger partial charge is 0.338 e. The number of hydrogen-bond acceptors (Lipinski definition) is 4. The fraction of sp³-hybridized carbons (Fsp3) is 0.333. The molecule has 0 aliphatic carbocycles. The number of anilines is 1. The van der Waals surface area contributed by atoms with E-state index in [-0.39, 0.29) is 5.97 Å². The highest BCUT2D eigenvalue weighted by Crippen LogP contribution is 2.20. The maximum Gasteiger partial charge on any atom is 0.338 e. The number of hydrogen-bond donors (Lipinski definition) is 2. The molecule has 0 atom stereocenters. The van der Waals surface area contributed by atoms with Crippen molar-refractivity contribution < 1.29 is 9.53 Å². The van der Waals surface area contributed by atoms with Crippen LogP contribution in [0.3, 0.4) is 0 Å². The number of ether oxygens (including phenoxy) is 1. The van der Waals surface area contributed by atoms with Gasteiger partial charge < -0.3 is 15.4 Å². The Hall–Kier alpha value is -2.05. The summed E-state index contributed by atoms with van der Waals surface area (Å²) >= 11 is 7.21. The van der Waals surface area contributed by atoms with Gasteiger partial charge in [-0.25, -0.2) is 4.79 Å². The summed E-state index contributed by atoms with van der Waals surface area (Å²) in [6.07, 6.45) is 1.00. The van der Waals surface area contributed by atoms with Crippen LogP contribution in [0.2, 0.25) is 0 Å². The summed E-state index contributed by atoms with van der Waals surface area (Å²) < 4.78 is 5.09. The van der Waals surface area contributed by atoms with Gasteiger partial charge in [-0.2, -0.15) is 0 Å². The minimum absolute atomic E-state index is 0.314. The normalized spacial score (nSPS) is 10.3. The Bertz CT molecular complexity index is 776. The third-order valence-corrected chi connectivity index (χ3v) is 5.32. The number of thioether (sulfide) groups is 1. The van der Waals surface area contributed by atoms with E-state index in [2.05, 4.69) is 41.8 Å². The van der Waals surface area contributed by atoms with E-state index in [1.54, 1.807) is 13.0 Å². The molecule has 0 spiro atoms. The Morgan fingerprint density at radius 1 is 1.15 bits per heavy atom. The fourth-order valence-electron chi connectivity index (χ4n) is 2.47. The maximum absolute atomic E-state index is 12.0. The van der Waals surface area contributed by atoms with E-state index < -0.39 is 0 Å².